The molecule has 1 amide bonds. The average molecular weight is 254 g/mol. The van der Waals surface area contributed by atoms with Gasteiger partial charge in [0.05, 0.1) is 0 Å². The fraction of sp³-hybridized carbons (Fsp3) is 0.786. The van der Waals surface area contributed by atoms with Gasteiger partial charge in [0.2, 0.25) is 0 Å². The number of nitrogens with zero attached hydrogens (tertiary/aromatic N) is 1. The van der Waals surface area contributed by atoms with E-state index in [1.54, 1.807) is 4.90 Å². The van der Waals surface area contributed by atoms with Crippen molar-refractivity contribution in [2.24, 2.45) is 5.73 Å². The van der Waals surface area contributed by atoms with E-state index in [0.717, 1.165) is 25.8 Å². The molecule has 0 fully saturated rings. The topological polar surface area (TPSA) is 55.6 Å². The van der Waals surface area contributed by atoms with Crippen molar-refractivity contribution in [1.29, 1.82) is 0 Å². The molecule has 0 aromatic carbocycles. The molecule has 104 valence electrons. The molecule has 0 aromatic heterocycles. The molecule has 4 heteroatoms. The van der Waals surface area contributed by atoms with Crippen molar-refractivity contribution in [1.82, 2.24) is 4.90 Å². The van der Waals surface area contributed by atoms with E-state index in [-0.39, 0.29) is 12.1 Å². The zero-order valence-electron chi connectivity index (χ0n) is 12.0. The zero-order valence-corrected chi connectivity index (χ0v) is 12.0. The first-order valence-corrected chi connectivity index (χ1v) is 6.69. The first kappa shape index (κ1) is 15.0. The summed E-state index contributed by atoms with van der Waals surface area (Å²) in [5.74, 6) is 0. The third-order valence-electron chi connectivity index (χ3n) is 2.88. The fourth-order valence-electron chi connectivity index (χ4n) is 1.84. The van der Waals surface area contributed by atoms with Gasteiger partial charge in [0, 0.05) is 19.1 Å². The van der Waals surface area contributed by atoms with Gasteiger partial charge in [-0.15, -0.1) is 0 Å². The molecular weight excluding hydrogens is 228 g/mol. The van der Waals surface area contributed by atoms with Crippen LogP contribution in [-0.2, 0) is 4.74 Å². The predicted molar refractivity (Wildman–Crippen MR) is 73.4 cm³/mol. The predicted octanol–water partition coefficient (Wildman–Crippen LogP) is 2.68. The van der Waals surface area contributed by atoms with E-state index >= 15 is 0 Å². The molecule has 0 radical (unpaired) electrons. The maximum atomic E-state index is 11.8. The van der Waals surface area contributed by atoms with Crippen molar-refractivity contribution in [3.05, 3.63) is 11.6 Å². The standard InChI is InChI=1S/C14H26N2O2/c1-11(15)5-6-12-7-9-16(10-8-12)13(17)18-14(2,3)4/h7,11H,5-6,8-10,15H2,1-4H3. The highest BCUT2D eigenvalue weighted by Crippen LogP contribution is 2.18. The SMILES string of the molecule is CC(N)CCC1=CCN(C(=O)OC(C)(C)C)CC1. The van der Waals surface area contributed by atoms with Gasteiger partial charge in [0.25, 0.3) is 0 Å². The second kappa shape index (κ2) is 6.23. The molecule has 1 aliphatic rings. The Morgan fingerprint density at radius 3 is 2.67 bits per heavy atom. The van der Waals surface area contributed by atoms with E-state index in [1.807, 2.05) is 27.7 Å². The van der Waals surface area contributed by atoms with Gasteiger partial charge in [0.15, 0.2) is 0 Å². The highest BCUT2D eigenvalue weighted by Gasteiger charge is 2.23. The molecule has 18 heavy (non-hydrogen) atoms. The molecule has 0 bridgehead atoms. The quantitative estimate of drug-likeness (QED) is 0.788. The lowest BCUT2D eigenvalue weighted by atomic mass is 10.0. The first-order valence-electron chi connectivity index (χ1n) is 6.69. The summed E-state index contributed by atoms with van der Waals surface area (Å²) in [6.45, 7) is 9.09. The van der Waals surface area contributed by atoms with Gasteiger partial charge in [-0.25, -0.2) is 4.79 Å². The van der Waals surface area contributed by atoms with Crippen LogP contribution in [0.15, 0.2) is 11.6 Å². The maximum Gasteiger partial charge on any atom is 0.410 e. The Kier molecular flexibility index (Phi) is 5.20. The summed E-state index contributed by atoms with van der Waals surface area (Å²) in [5.41, 5.74) is 6.73. The van der Waals surface area contributed by atoms with Gasteiger partial charge in [-0.1, -0.05) is 11.6 Å². The van der Waals surface area contributed by atoms with E-state index in [9.17, 15) is 4.79 Å². The molecule has 0 aliphatic carbocycles. The Bertz CT molecular complexity index is 316. The Balaban J connectivity index is 2.40. The first-order chi connectivity index (χ1) is 8.28. The molecule has 1 unspecified atom stereocenters. The van der Waals surface area contributed by atoms with Crippen LogP contribution in [0, 0.1) is 0 Å². The molecule has 4 nitrogen and oxygen atoms in total. The number of hydrogen-bond acceptors (Lipinski definition) is 3. The molecule has 2 N–H and O–H groups in total. The minimum atomic E-state index is -0.421. The summed E-state index contributed by atoms with van der Waals surface area (Å²) in [4.78, 5) is 13.6. The minimum absolute atomic E-state index is 0.218. The zero-order chi connectivity index (χ0) is 13.8. The van der Waals surface area contributed by atoms with Crippen LogP contribution in [0.2, 0.25) is 0 Å². The fourth-order valence-corrected chi connectivity index (χ4v) is 1.84. The van der Waals surface area contributed by atoms with Gasteiger partial charge < -0.3 is 15.4 Å². The second-order valence-corrected chi connectivity index (χ2v) is 6.05. The van der Waals surface area contributed by atoms with E-state index in [4.69, 9.17) is 10.5 Å². The highest BCUT2D eigenvalue weighted by molar-refractivity contribution is 5.68. The van der Waals surface area contributed by atoms with Crippen LogP contribution in [-0.4, -0.2) is 35.7 Å². The van der Waals surface area contributed by atoms with Crippen molar-refractivity contribution in [3.63, 3.8) is 0 Å². The summed E-state index contributed by atoms with van der Waals surface area (Å²) < 4.78 is 5.35. The van der Waals surface area contributed by atoms with E-state index in [2.05, 4.69) is 6.08 Å². The summed E-state index contributed by atoms with van der Waals surface area (Å²) >= 11 is 0. The molecule has 1 aliphatic heterocycles. The molecule has 0 saturated carbocycles. The van der Waals surface area contributed by atoms with Crippen molar-refractivity contribution in [2.75, 3.05) is 13.1 Å². The second-order valence-electron chi connectivity index (χ2n) is 6.05. The van der Waals surface area contributed by atoms with Crippen LogP contribution >= 0.6 is 0 Å². The molecule has 0 spiro atoms. The number of hydrogen-bond donors (Lipinski definition) is 1. The lowest BCUT2D eigenvalue weighted by Gasteiger charge is -2.29. The Labute approximate surface area is 110 Å². The molecule has 0 saturated heterocycles. The van der Waals surface area contributed by atoms with Gasteiger partial charge in [0.1, 0.15) is 5.60 Å². The monoisotopic (exact) mass is 254 g/mol. The van der Waals surface area contributed by atoms with Crippen LogP contribution in [0.25, 0.3) is 0 Å². The molecule has 0 aromatic rings. The third kappa shape index (κ3) is 5.54. The average Bonchev–Trinajstić information content (AvgIpc) is 2.24. The smallest absolute Gasteiger partial charge is 0.410 e. The minimum Gasteiger partial charge on any atom is -0.444 e. The van der Waals surface area contributed by atoms with Crippen molar-refractivity contribution in [3.8, 4) is 0 Å². The van der Waals surface area contributed by atoms with Gasteiger partial charge in [-0.05, 0) is 47.0 Å². The van der Waals surface area contributed by atoms with Crippen molar-refractivity contribution in [2.45, 2.75) is 58.6 Å². The van der Waals surface area contributed by atoms with Crippen molar-refractivity contribution >= 4 is 6.09 Å². The van der Waals surface area contributed by atoms with E-state index in [1.165, 1.54) is 5.57 Å². The molecule has 1 rings (SSSR count). The summed E-state index contributed by atoms with van der Waals surface area (Å²) in [6.07, 6.45) is 4.91. The van der Waals surface area contributed by atoms with Gasteiger partial charge in [-0.3, -0.25) is 0 Å². The molecule has 1 atom stereocenters. The summed E-state index contributed by atoms with van der Waals surface area (Å²) in [5, 5.41) is 0. The lowest BCUT2D eigenvalue weighted by molar-refractivity contribution is 0.0265. The summed E-state index contributed by atoms with van der Waals surface area (Å²) in [6, 6.07) is 0.245. The molecular formula is C14H26N2O2. The Hall–Kier alpha value is -1.03. The number of nitrogens with two attached hydrogens (primary N) is 1. The van der Waals surface area contributed by atoms with Crippen LogP contribution in [0.4, 0.5) is 4.79 Å². The number of carbonyl (C=O) groups is 1. The van der Waals surface area contributed by atoms with Crippen LogP contribution in [0.3, 0.4) is 0 Å². The number of rotatable bonds is 3. The normalized spacial score (nSPS) is 18.3. The van der Waals surface area contributed by atoms with Gasteiger partial charge >= 0.3 is 6.09 Å². The van der Waals surface area contributed by atoms with Gasteiger partial charge in [-0.2, -0.15) is 0 Å². The van der Waals surface area contributed by atoms with Crippen LogP contribution in [0.5, 0.6) is 0 Å². The Morgan fingerprint density at radius 1 is 1.56 bits per heavy atom. The van der Waals surface area contributed by atoms with Crippen molar-refractivity contribution < 1.29 is 9.53 Å². The summed E-state index contributed by atoms with van der Waals surface area (Å²) in [7, 11) is 0. The van der Waals surface area contributed by atoms with Crippen LogP contribution in [0.1, 0.15) is 47.0 Å². The third-order valence-corrected chi connectivity index (χ3v) is 2.88. The maximum absolute atomic E-state index is 11.8. The molecule has 1 heterocycles. The lowest BCUT2D eigenvalue weighted by Crippen LogP contribution is -2.39. The number of amides is 1. The largest absolute Gasteiger partial charge is 0.444 e. The Morgan fingerprint density at radius 2 is 2.22 bits per heavy atom. The highest BCUT2D eigenvalue weighted by atomic mass is 16.6. The van der Waals surface area contributed by atoms with Crippen LogP contribution < -0.4 is 5.73 Å². The van der Waals surface area contributed by atoms with E-state index < -0.39 is 5.60 Å². The number of ether oxygens (including phenoxy) is 1. The number of carbonyl (C=O) groups excluding carboxylic acids is 1. The van der Waals surface area contributed by atoms with E-state index in [0.29, 0.717) is 6.54 Å².